The van der Waals surface area contributed by atoms with Gasteiger partial charge in [-0.15, -0.1) is 0 Å². The second kappa shape index (κ2) is 6.41. The van der Waals surface area contributed by atoms with Crippen molar-refractivity contribution in [2.75, 3.05) is 0 Å². The summed E-state index contributed by atoms with van der Waals surface area (Å²) in [7, 11) is 0. The molecule has 0 spiro atoms. The predicted molar refractivity (Wildman–Crippen MR) is 90.2 cm³/mol. The summed E-state index contributed by atoms with van der Waals surface area (Å²) < 4.78 is 3.35. The Balaban J connectivity index is 1.63. The van der Waals surface area contributed by atoms with Crippen LogP contribution in [-0.4, -0.2) is 15.8 Å². The molecule has 2 aliphatic rings. The molecule has 0 radical (unpaired) electrons. The molecule has 0 amide bonds. The van der Waals surface area contributed by atoms with E-state index in [1.54, 1.807) is 0 Å². The van der Waals surface area contributed by atoms with Crippen molar-refractivity contribution in [3.8, 4) is 0 Å². The third kappa shape index (κ3) is 2.94. The lowest BCUT2D eigenvalue weighted by Crippen LogP contribution is -2.36. The lowest BCUT2D eigenvalue weighted by atomic mass is 9.84. The zero-order valence-corrected chi connectivity index (χ0v) is 15.1. The molecule has 1 N–H and O–H groups in total. The molecule has 1 aromatic heterocycles. The van der Waals surface area contributed by atoms with Crippen LogP contribution in [-0.2, 0) is 19.5 Å². The minimum absolute atomic E-state index is 0.623. The Bertz CT molecular complexity index is 496. The molecular weight excluding hydrogens is 326 g/mol. The van der Waals surface area contributed by atoms with Gasteiger partial charge in [-0.1, -0.05) is 13.3 Å². The summed E-state index contributed by atoms with van der Waals surface area (Å²) in [6.07, 6.45) is 6.89. The van der Waals surface area contributed by atoms with Crippen LogP contribution in [0.4, 0.5) is 0 Å². The molecular formula is C17H28BrN3. The highest BCUT2D eigenvalue weighted by molar-refractivity contribution is 9.10. The minimum atomic E-state index is 0.623. The van der Waals surface area contributed by atoms with Gasteiger partial charge in [0.05, 0.1) is 15.9 Å². The smallest absolute Gasteiger partial charge is 0.0767 e. The fraction of sp³-hybridized carbons (Fsp3) is 0.824. The largest absolute Gasteiger partial charge is 0.308 e. The SMILES string of the molecule is CCc1nn(CC)c(CNC(C)C2CC3CCC2C3)c1Br. The number of fused-ring (bicyclic) bond motifs is 2. The summed E-state index contributed by atoms with van der Waals surface area (Å²) in [6, 6.07) is 0.623. The zero-order chi connectivity index (χ0) is 15.0. The molecule has 0 aliphatic heterocycles. The molecule has 3 rings (SSSR count). The Hall–Kier alpha value is -0.350. The van der Waals surface area contributed by atoms with Crippen LogP contribution in [0.5, 0.6) is 0 Å². The number of halogens is 1. The first kappa shape index (κ1) is 15.5. The van der Waals surface area contributed by atoms with E-state index in [1.165, 1.54) is 41.5 Å². The van der Waals surface area contributed by atoms with E-state index < -0.39 is 0 Å². The molecule has 3 nitrogen and oxygen atoms in total. The second-order valence-corrected chi connectivity index (χ2v) is 7.68. The van der Waals surface area contributed by atoms with Crippen LogP contribution in [0.1, 0.15) is 57.8 Å². The second-order valence-electron chi connectivity index (χ2n) is 6.88. The van der Waals surface area contributed by atoms with E-state index in [4.69, 9.17) is 5.10 Å². The van der Waals surface area contributed by atoms with Crippen molar-refractivity contribution in [2.45, 2.75) is 72.0 Å². The number of hydrogen-bond acceptors (Lipinski definition) is 2. The Kier molecular flexibility index (Phi) is 4.75. The van der Waals surface area contributed by atoms with Crippen LogP contribution < -0.4 is 5.32 Å². The minimum Gasteiger partial charge on any atom is -0.308 e. The Morgan fingerprint density at radius 2 is 2.14 bits per heavy atom. The molecule has 1 aromatic rings. The molecule has 118 valence electrons. The molecule has 4 unspecified atom stereocenters. The Morgan fingerprint density at radius 1 is 1.33 bits per heavy atom. The normalized spacial score (nSPS) is 29.2. The van der Waals surface area contributed by atoms with Gasteiger partial charge in [0.1, 0.15) is 0 Å². The van der Waals surface area contributed by atoms with Crippen molar-refractivity contribution in [1.29, 1.82) is 0 Å². The van der Waals surface area contributed by atoms with Crippen LogP contribution in [0.2, 0.25) is 0 Å². The molecule has 1 heterocycles. The summed E-state index contributed by atoms with van der Waals surface area (Å²) in [4.78, 5) is 0. The number of nitrogens with zero attached hydrogens (tertiary/aromatic N) is 2. The first-order chi connectivity index (χ1) is 10.1. The van der Waals surface area contributed by atoms with Gasteiger partial charge in [0, 0.05) is 19.1 Å². The fourth-order valence-electron chi connectivity index (χ4n) is 4.50. The fourth-order valence-corrected chi connectivity index (χ4v) is 5.21. The van der Waals surface area contributed by atoms with Gasteiger partial charge in [-0.25, -0.2) is 0 Å². The average Bonchev–Trinajstić information content (AvgIpc) is 3.18. The number of hydrogen-bond donors (Lipinski definition) is 1. The predicted octanol–water partition coefficient (Wildman–Crippen LogP) is 4.14. The number of aryl methyl sites for hydroxylation is 2. The summed E-state index contributed by atoms with van der Waals surface area (Å²) in [6.45, 7) is 8.59. The first-order valence-electron chi connectivity index (χ1n) is 8.61. The maximum absolute atomic E-state index is 4.69. The highest BCUT2D eigenvalue weighted by Crippen LogP contribution is 2.49. The quantitative estimate of drug-likeness (QED) is 0.832. The van der Waals surface area contributed by atoms with Crippen molar-refractivity contribution in [3.05, 3.63) is 15.9 Å². The highest BCUT2D eigenvalue weighted by atomic mass is 79.9. The zero-order valence-electron chi connectivity index (χ0n) is 13.5. The molecule has 2 aliphatic carbocycles. The van der Waals surface area contributed by atoms with Crippen LogP contribution in [0.3, 0.4) is 0 Å². The van der Waals surface area contributed by atoms with E-state index in [9.17, 15) is 0 Å². The summed E-state index contributed by atoms with van der Waals surface area (Å²) in [5.41, 5.74) is 2.49. The van der Waals surface area contributed by atoms with Crippen molar-refractivity contribution in [3.63, 3.8) is 0 Å². The molecule has 0 aromatic carbocycles. The molecule has 2 saturated carbocycles. The van der Waals surface area contributed by atoms with Crippen LogP contribution in [0.15, 0.2) is 4.47 Å². The maximum atomic E-state index is 4.69. The van der Waals surface area contributed by atoms with Crippen LogP contribution >= 0.6 is 15.9 Å². The molecule has 4 atom stereocenters. The van der Waals surface area contributed by atoms with Gasteiger partial charge in [0.15, 0.2) is 0 Å². The lowest BCUT2D eigenvalue weighted by molar-refractivity contribution is 0.258. The van der Waals surface area contributed by atoms with Crippen molar-refractivity contribution in [2.24, 2.45) is 17.8 Å². The topological polar surface area (TPSA) is 29.9 Å². The molecule has 0 saturated heterocycles. The van der Waals surface area contributed by atoms with E-state index in [0.717, 1.165) is 37.3 Å². The molecule has 2 bridgehead atoms. The third-order valence-electron chi connectivity index (χ3n) is 5.72. The van der Waals surface area contributed by atoms with E-state index in [1.807, 2.05) is 0 Å². The van der Waals surface area contributed by atoms with Crippen molar-refractivity contribution >= 4 is 15.9 Å². The van der Waals surface area contributed by atoms with E-state index in [-0.39, 0.29) is 0 Å². The summed E-state index contributed by atoms with van der Waals surface area (Å²) in [5.74, 6) is 2.92. The van der Waals surface area contributed by atoms with Crippen LogP contribution in [0, 0.1) is 17.8 Å². The van der Waals surface area contributed by atoms with Gasteiger partial charge in [-0.2, -0.15) is 5.10 Å². The third-order valence-corrected chi connectivity index (χ3v) is 6.64. The van der Waals surface area contributed by atoms with Gasteiger partial charge in [-0.05, 0) is 73.2 Å². The Morgan fingerprint density at radius 3 is 2.71 bits per heavy atom. The highest BCUT2D eigenvalue weighted by Gasteiger charge is 2.41. The van der Waals surface area contributed by atoms with E-state index in [2.05, 4.69) is 46.7 Å². The Labute approximate surface area is 137 Å². The maximum Gasteiger partial charge on any atom is 0.0767 e. The van der Waals surface area contributed by atoms with Gasteiger partial charge >= 0.3 is 0 Å². The first-order valence-corrected chi connectivity index (χ1v) is 9.40. The number of aromatic nitrogens is 2. The van der Waals surface area contributed by atoms with E-state index in [0.29, 0.717) is 6.04 Å². The number of nitrogens with one attached hydrogen (secondary N) is 1. The molecule has 2 fully saturated rings. The summed E-state index contributed by atoms with van der Waals surface area (Å²) >= 11 is 3.75. The standard InChI is InChI=1S/C17H28BrN3/c1-4-15-17(18)16(21(5-2)20-15)10-19-11(3)14-9-12-6-7-13(14)8-12/h11-14,19H,4-10H2,1-3H3. The van der Waals surface area contributed by atoms with Crippen molar-refractivity contribution in [1.82, 2.24) is 15.1 Å². The molecule has 4 heteroatoms. The average molecular weight is 354 g/mol. The van der Waals surface area contributed by atoms with Gasteiger partial charge in [0.2, 0.25) is 0 Å². The van der Waals surface area contributed by atoms with Crippen molar-refractivity contribution < 1.29 is 0 Å². The van der Waals surface area contributed by atoms with E-state index >= 15 is 0 Å². The lowest BCUT2D eigenvalue weighted by Gasteiger charge is -2.28. The van der Waals surface area contributed by atoms with Gasteiger partial charge < -0.3 is 5.32 Å². The monoisotopic (exact) mass is 353 g/mol. The van der Waals surface area contributed by atoms with Gasteiger partial charge in [-0.3, -0.25) is 4.68 Å². The van der Waals surface area contributed by atoms with Gasteiger partial charge in [0.25, 0.3) is 0 Å². The summed E-state index contributed by atoms with van der Waals surface area (Å²) in [5, 5.41) is 8.48. The van der Waals surface area contributed by atoms with Crippen LogP contribution in [0.25, 0.3) is 0 Å². The molecule has 21 heavy (non-hydrogen) atoms. The number of rotatable bonds is 6.